The van der Waals surface area contributed by atoms with Gasteiger partial charge in [0.2, 0.25) is 17.7 Å². The van der Waals surface area contributed by atoms with Gasteiger partial charge >= 0.3 is 5.97 Å². The lowest BCUT2D eigenvalue weighted by Gasteiger charge is -2.25. The van der Waals surface area contributed by atoms with Gasteiger partial charge in [0.15, 0.2) is 0 Å². The number of hydrogen-bond donors (Lipinski definition) is 6. The highest BCUT2D eigenvalue weighted by atomic mass is 16.4. The highest BCUT2D eigenvalue weighted by molar-refractivity contribution is 6.00. The second-order valence-electron chi connectivity index (χ2n) is 8.86. The molecule has 1 aromatic heterocycles. The minimum Gasteiger partial charge on any atom is -0.481 e. The van der Waals surface area contributed by atoms with Crippen molar-refractivity contribution in [1.29, 1.82) is 0 Å². The van der Waals surface area contributed by atoms with Crippen LogP contribution in [0.15, 0.2) is 36.5 Å². The van der Waals surface area contributed by atoms with Gasteiger partial charge in [0.05, 0.1) is 12.5 Å². The van der Waals surface area contributed by atoms with Crippen molar-refractivity contribution < 1.29 is 34.2 Å². The number of rotatable bonds is 12. The van der Waals surface area contributed by atoms with E-state index in [1.54, 1.807) is 6.07 Å². The summed E-state index contributed by atoms with van der Waals surface area (Å²) in [4.78, 5) is 65.5. The molecule has 1 heterocycles. The summed E-state index contributed by atoms with van der Waals surface area (Å²) in [5.41, 5.74) is 5.25. The number of benzene rings is 1. The maximum Gasteiger partial charge on any atom is 0.305 e. The molecule has 0 fully saturated rings. The molecule has 2 rings (SSSR count). The van der Waals surface area contributed by atoms with E-state index in [0.29, 0.717) is 0 Å². The number of aromatic nitrogens is 1. The average molecular weight is 502 g/mol. The summed E-state index contributed by atoms with van der Waals surface area (Å²) in [5.74, 6) is -4.93. The van der Waals surface area contributed by atoms with Gasteiger partial charge in [-0.2, -0.15) is 0 Å². The Kier molecular flexibility index (Phi) is 9.85. The molecule has 0 saturated carbocycles. The summed E-state index contributed by atoms with van der Waals surface area (Å²) in [7, 11) is 0. The molecule has 0 spiro atoms. The molecule has 0 saturated heterocycles. The van der Waals surface area contributed by atoms with Crippen molar-refractivity contribution in [1.82, 2.24) is 20.9 Å². The van der Waals surface area contributed by atoms with Crippen molar-refractivity contribution in [2.75, 3.05) is 0 Å². The zero-order chi connectivity index (χ0) is 27.0. The van der Waals surface area contributed by atoms with Crippen LogP contribution in [-0.4, -0.2) is 69.0 Å². The summed E-state index contributed by atoms with van der Waals surface area (Å²) in [6.07, 6.45) is -0.441. The number of carboxylic acid groups (broad SMARTS) is 1. The molecule has 7 N–H and O–H groups in total. The molecule has 0 aliphatic carbocycles. The minimum absolute atomic E-state index is 0.0492. The SMILES string of the molecule is CC(C)C[C@H](NC(=O)c1cc2ccccc2cn1)C(=O)N[C@@H](CC(=O)O)C(=O)N[C@H](C(N)=O)[C@@H](C)O. The minimum atomic E-state index is -1.60. The number of pyridine rings is 1. The Morgan fingerprint density at radius 1 is 0.944 bits per heavy atom. The summed E-state index contributed by atoms with van der Waals surface area (Å²) >= 11 is 0. The molecule has 194 valence electrons. The summed E-state index contributed by atoms with van der Waals surface area (Å²) < 4.78 is 0. The van der Waals surface area contributed by atoms with Crippen molar-refractivity contribution in [2.45, 2.75) is 57.8 Å². The van der Waals surface area contributed by atoms with E-state index >= 15 is 0 Å². The van der Waals surface area contributed by atoms with E-state index in [4.69, 9.17) is 5.73 Å². The lowest BCUT2D eigenvalue weighted by molar-refractivity contribution is -0.141. The normalized spacial score (nSPS) is 14.4. The monoisotopic (exact) mass is 501 g/mol. The largest absolute Gasteiger partial charge is 0.481 e. The van der Waals surface area contributed by atoms with Crippen molar-refractivity contribution in [3.63, 3.8) is 0 Å². The number of carbonyl (C=O) groups excluding carboxylic acids is 4. The number of hydrogen-bond acceptors (Lipinski definition) is 7. The van der Waals surface area contributed by atoms with Gasteiger partial charge in [-0.05, 0) is 30.7 Å². The van der Waals surface area contributed by atoms with Gasteiger partial charge in [0.25, 0.3) is 5.91 Å². The van der Waals surface area contributed by atoms with Crippen LogP contribution < -0.4 is 21.7 Å². The summed E-state index contributed by atoms with van der Waals surface area (Å²) in [5, 5.41) is 27.6. The van der Waals surface area contributed by atoms with Crippen LogP contribution in [-0.2, 0) is 19.2 Å². The van der Waals surface area contributed by atoms with E-state index in [9.17, 15) is 34.2 Å². The predicted molar refractivity (Wildman–Crippen MR) is 129 cm³/mol. The molecular weight excluding hydrogens is 470 g/mol. The quantitative estimate of drug-likeness (QED) is 0.227. The number of aliphatic hydroxyl groups excluding tert-OH is 1. The fourth-order valence-electron chi connectivity index (χ4n) is 3.48. The van der Waals surface area contributed by atoms with Crippen LogP contribution in [0.3, 0.4) is 0 Å². The Labute approximate surface area is 207 Å². The van der Waals surface area contributed by atoms with Gasteiger partial charge in [-0.25, -0.2) is 0 Å². The Morgan fingerprint density at radius 3 is 2.11 bits per heavy atom. The first kappa shape index (κ1) is 28.2. The zero-order valence-electron chi connectivity index (χ0n) is 20.2. The number of amides is 4. The molecule has 4 atom stereocenters. The van der Waals surface area contributed by atoms with Crippen LogP contribution in [0.1, 0.15) is 44.1 Å². The number of nitrogens with zero attached hydrogens (tertiary/aromatic N) is 1. The Balaban J connectivity index is 2.21. The van der Waals surface area contributed by atoms with E-state index in [0.717, 1.165) is 10.8 Å². The lowest BCUT2D eigenvalue weighted by atomic mass is 10.0. The maximum atomic E-state index is 13.0. The number of nitrogens with one attached hydrogen (secondary N) is 3. The predicted octanol–water partition coefficient (Wildman–Crippen LogP) is -0.310. The van der Waals surface area contributed by atoms with Crippen LogP contribution in [0.25, 0.3) is 10.8 Å². The molecule has 12 nitrogen and oxygen atoms in total. The maximum absolute atomic E-state index is 13.0. The molecule has 0 radical (unpaired) electrons. The third-order valence-corrected chi connectivity index (χ3v) is 5.29. The molecule has 36 heavy (non-hydrogen) atoms. The first-order valence-corrected chi connectivity index (χ1v) is 11.3. The van der Waals surface area contributed by atoms with E-state index in [1.807, 2.05) is 38.1 Å². The highest BCUT2D eigenvalue weighted by Gasteiger charge is 2.32. The second kappa shape index (κ2) is 12.6. The van der Waals surface area contributed by atoms with Crippen LogP contribution >= 0.6 is 0 Å². The number of fused-ring (bicyclic) bond motifs is 1. The van der Waals surface area contributed by atoms with Gasteiger partial charge < -0.3 is 31.9 Å². The standard InChI is InChI=1S/C24H31N5O7/c1-12(2)8-17(27-22(34)16-9-14-6-4-5-7-15(14)11-26-16)23(35)28-18(10-19(31)32)24(36)29-20(13(3)30)21(25)33/h4-7,9,11-13,17-18,20,30H,8,10H2,1-3H3,(H2,25,33)(H,27,34)(H,28,35)(H,29,36)(H,31,32)/t13-,17+,18+,20+/m1/s1. The second-order valence-corrected chi connectivity index (χ2v) is 8.86. The van der Waals surface area contributed by atoms with Crippen molar-refractivity contribution in [2.24, 2.45) is 11.7 Å². The van der Waals surface area contributed by atoms with Gasteiger partial charge in [0.1, 0.15) is 23.8 Å². The van der Waals surface area contributed by atoms with E-state index in [-0.39, 0.29) is 18.0 Å². The molecule has 4 amide bonds. The van der Waals surface area contributed by atoms with Crippen molar-refractivity contribution in [3.05, 3.63) is 42.2 Å². The zero-order valence-corrected chi connectivity index (χ0v) is 20.2. The fraction of sp³-hybridized carbons (Fsp3) is 0.417. The Hall–Kier alpha value is -4.06. The van der Waals surface area contributed by atoms with Gasteiger partial charge in [0, 0.05) is 11.6 Å². The Morgan fingerprint density at radius 2 is 1.56 bits per heavy atom. The number of carbonyl (C=O) groups is 5. The number of carboxylic acids is 1. The van der Waals surface area contributed by atoms with E-state index in [2.05, 4.69) is 20.9 Å². The molecule has 0 aliphatic heterocycles. The van der Waals surface area contributed by atoms with E-state index < -0.39 is 60.2 Å². The fourth-order valence-corrected chi connectivity index (χ4v) is 3.48. The van der Waals surface area contributed by atoms with Gasteiger partial charge in [-0.1, -0.05) is 38.1 Å². The molecule has 0 bridgehead atoms. The number of nitrogens with two attached hydrogens (primary N) is 1. The number of aliphatic carboxylic acids is 1. The number of primary amides is 1. The third-order valence-electron chi connectivity index (χ3n) is 5.29. The topological polar surface area (TPSA) is 201 Å². The molecule has 0 aliphatic rings. The lowest BCUT2D eigenvalue weighted by Crippen LogP contribution is -2.58. The smallest absolute Gasteiger partial charge is 0.305 e. The highest BCUT2D eigenvalue weighted by Crippen LogP contribution is 2.14. The summed E-state index contributed by atoms with van der Waals surface area (Å²) in [6.45, 7) is 4.86. The van der Waals surface area contributed by atoms with Gasteiger partial charge in [-0.15, -0.1) is 0 Å². The van der Waals surface area contributed by atoms with Crippen LogP contribution in [0.4, 0.5) is 0 Å². The van der Waals surface area contributed by atoms with Crippen LogP contribution in [0, 0.1) is 5.92 Å². The third kappa shape index (κ3) is 8.01. The molecule has 1 aromatic carbocycles. The molecular formula is C24H31N5O7. The average Bonchev–Trinajstić information content (AvgIpc) is 2.80. The first-order chi connectivity index (χ1) is 16.9. The first-order valence-electron chi connectivity index (χ1n) is 11.3. The Bertz CT molecular complexity index is 1130. The molecule has 2 aromatic rings. The number of aliphatic hydroxyl groups is 1. The van der Waals surface area contributed by atoms with Crippen LogP contribution in [0.2, 0.25) is 0 Å². The van der Waals surface area contributed by atoms with Gasteiger partial charge in [-0.3, -0.25) is 29.0 Å². The molecule has 12 heteroatoms. The summed E-state index contributed by atoms with van der Waals surface area (Å²) in [6, 6.07) is 4.68. The van der Waals surface area contributed by atoms with E-state index in [1.165, 1.54) is 13.1 Å². The van der Waals surface area contributed by atoms with Crippen molar-refractivity contribution in [3.8, 4) is 0 Å². The van der Waals surface area contributed by atoms with Crippen LogP contribution in [0.5, 0.6) is 0 Å². The van der Waals surface area contributed by atoms with Crippen molar-refractivity contribution >= 4 is 40.4 Å². The molecule has 0 unspecified atom stereocenters.